The van der Waals surface area contributed by atoms with Crippen molar-refractivity contribution in [3.05, 3.63) is 36.0 Å². The smallest absolute Gasteiger partial charge is 0.0525 e. The topological polar surface area (TPSA) is 26.2 Å². The van der Waals surface area contributed by atoms with Crippen LogP contribution in [-0.4, -0.2) is 24.3 Å². The van der Waals surface area contributed by atoms with Crippen LogP contribution in [0.2, 0.25) is 0 Å². The molecule has 1 fully saturated rings. The van der Waals surface area contributed by atoms with E-state index >= 15 is 0 Å². The van der Waals surface area contributed by atoms with E-state index in [0.29, 0.717) is 0 Å². The molecule has 3 nitrogen and oxygen atoms in total. The van der Waals surface area contributed by atoms with Gasteiger partial charge < -0.3 is 14.6 Å². The fraction of sp³-hybridized carbons (Fsp3) is 0.529. The van der Waals surface area contributed by atoms with Gasteiger partial charge in [0.1, 0.15) is 0 Å². The lowest BCUT2D eigenvalue weighted by molar-refractivity contribution is 0.191. The molecule has 1 aliphatic carbocycles. The van der Waals surface area contributed by atoms with Crippen LogP contribution in [0.4, 0.5) is 0 Å². The molecule has 1 aromatic heterocycles. The third-order valence-electron chi connectivity index (χ3n) is 4.03. The number of fused-ring (bicyclic) bond motifs is 1. The Hall–Kier alpha value is -1.32. The number of rotatable bonds is 8. The van der Waals surface area contributed by atoms with Crippen LogP contribution in [0.5, 0.6) is 0 Å². The molecule has 3 rings (SSSR count). The van der Waals surface area contributed by atoms with Crippen molar-refractivity contribution in [3.8, 4) is 0 Å². The number of nitrogens with one attached hydrogen (secondary N) is 1. The summed E-state index contributed by atoms with van der Waals surface area (Å²) in [6.45, 7) is 2.92. The van der Waals surface area contributed by atoms with E-state index in [-0.39, 0.29) is 0 Å². The minimum absolute atomic E-state index is 0.760. The normalized spacial score (nSPS) is 15.1. The van der Waals surface area contributed by atoms with E-state index in [1.54, 1.807) is 7.11 Å². The Labute approximate surface area is 120 Å². The van der Waals surface area contributed by atoms with Gasteiger partial charge >= 0.3 is 0 Å². The second-order valence-corrected chi connectivity index (χ2v) is 5.72. The van der Waals surface area contributed by atoms with Gasteiger partial charge in [-0.3, -0.25) is 0 Å². The largest absolute Gasteiger partial charge is 0.385 e. The molecule has 0 aliphatic heterocycles. The summed E-state index contributed by atoms with van der Waals surface area (Å²) in [6.07, 6.45) is 7.20. The monoisotopic (exact) mass is 272 g/mol. The van der Waals surface area contributed by atoms with Crippen molar-refractivity contribution in [2.45, 2.75) is 44.8 Å². The molecule has 0 amide bonds. The third-order valence-corrected chi connectivity index (χ3v) is 4.03. The van der Waals surface area contributed by atoms with Gasteiger partial charge in [0, 0.05) is 39.0 Å². The number of aromatic nitrogens is 1. The number of ether oxygens (including phenoxy) is 1. The van der Waals surface area contributed by atoms with E-state index in [2.05, 4.69) is 40.3 Å². The molecule has 3 heteroatoms. The maximum Gasteiger partial charge on any atom is 0.0525 e. The molecular formula is C17H24N2O. The van der Waals surface area contributed by atoms with Crippen molar-refractivity contribution in [2.75, 3.05) is 13.7 Å². The SMILES string of the molecule is COCCCCn1ccc2cccc(CNC3CC3)c21. The lowest BCUT2D eigenvalue weighted by atomic mass is 10.1. The molecule has 0 spiro atoms. The molecule has 1 aliphatic rings. The number of hydrogen-bond acceptors (Lipinski definition) is 2. The van der Waals surface area contributed by atoms with Crippen LogP contribution in [-0.2, 0) is 17.8 Å². The van der Waals surface area contributed by atoms with Crippen LogP contribution in [0.25, 0.3) is 10.9 Å². The van der Waals surface area contributed by atoms with Gasteiger partial charge in [-0.25, -0.2) is 0 Å². The maximum atomic E-state index is 5.13. The standard InChI is InChI=1S/C17H24N2O/c1-20-12-3-2-10-19-11-9-14-5-4-6-15(17(14)19)13-18-16-7-8-16/h4-6,9,11,16,18H,2-3,7-8,10,12-13H2,1H3. The first-order chi connectivity index (χ1) is 9.88. The number of hydrogen-bond donors (Lipinski definition) is 1. The van der Waals surface area contributed by atoms with Gasteiger partial charge in [-0.1, -0.05) is 18.2 Å². The van der Waals surface area contributed by atoms with Gasteiger partial charge in [-0.2, -0.15) is 0 Å². The van der Waals surface area contributed by atoms with Crippen LogP contribution < -0.4 is 5.32 Å². The Morgan fingerprint density at radius 3 is 2.95 bits per heavy atom. The second kappa shape index (κ2) is 6.42. The fourth-order valence-corrected chi connectivity index (χ4v) is 2.74. The van der Waals surface area contributed by atoms with Crippen molar-refractivity contribution in [2.24, 2.45) is 0 Å². The molecule has 108 valence electrons. The van der Waals surface area contributed by atoms with Crippen molar-refractivity contribution in [1.82, 2.24) is 9.88 Å². The molecule has 1 aromatic carbocycles. The van der Waals surface area contributed by atoms with Gasteiger partial charge in [0.2, 0.25) is 0 Å². The Balaban J connectivity index is 1.73. The summed E-state index contributed by atoms with van der Waals surface area (Å²) >= 11 is 0. The molecule has 1 N–H and O–H groups in total. The fourth-order valence-electron chi connectivity index (χ4n) is 2.74. The Bertz CT molecular complexity index is 557. The zero-order chi connectivity index (χ0) is 13.8. The third kappa shape index (κ3) is 3.22. The van der Waals surface area contributed by atoms with Gasteiger partial charge in [-0.05, 0) is 42.7 Å². The summed E-state index contributed by atoms with van der Waals surface area (Å²) in [5.74, 6) is 0. The van der Waals surface area contributed by atoms with Crippen LogP contribution in [0.1, 0.15) is 31.2 Å². The van der Waals surface area contributed by atoms with E-state index in [1.807, 2.05) is 0 Å². The maximum absolute atomic E-state index is 5.13. The average molecular weight is 272 g/mol. The molecule has 1 heterocycles. The number of unbranched alkanes of at least 4 members (excludes halogenated alkanes) is 1. The van der Waals surface area contributed by atoms with Crippen LogP contribution in [0.3, 0.4) is 0 Å². The molecule has 0 unspecified atom stereocenters. The van der Waals surface area contributed by atoms with Crippen molar-refractivity contribution >= 4 is 10.9 Å². The van der Waals surface area contributed by atoms with Gasteiger partial charge in [-0.15, -0.1) is 0 Å². The minimum Gasteiger partial charge on any atom is -0.385 e. The number of para-hydroxylation sites is 1. The highest BCUT2D eigenvalue weighted by molar-refractivity contribution is 5.83. The summed E-state index contributed by atoms with van der Waals surface area (Å²) in [4.78, 5) is 0. The number of aryl methyl sites for hydroxylation is 1. The van der Waals surface area contributed by atoms with Crippen LogP contribution in [0, 0.1) is 0 Å². The minimum atomic E-state index is 0.760. The Morgan fingerprint density at radius 1 is 1.25 bits per heavy atom. The molecule has 20 heavy (non-hydrogen) atoms. The lowest BCUT2D eigenvalue weighted by Gasteiger charge is -2.10. The first-order valence-electron chi connectivity index (χ1n) is 7.67. The van der Waals surface area contributed by atoms with Gasteiger partial charge in [0.15, 0.2) is 0 Å². The molecule has 0 saturated heterocycles. The lowest BCUT2D eigenvalue weighted by Crippen LogP contribution is -2.16. The highest BCUT2D eigenvalue weighted by Crippen LogP contribution is 2.23. The Kier molecular flexibility index (Phi) is 4.38. The van der Waals surface area contributed by atoms with E-state index < -0.39 is 0 Å². The van der Waals surface area contributed by atoms with Gasteiger partial charge in [0.05, 0.1) is 5.52 Å². The zero-order valence-corrected chi connectivity index (χ0v) is 12.3. The molecule has 0 atom stereocenters. The molecule has 2 aromatic rings. The van der Waals surface area contributed by atoms with Crippen LogP contribution >= 0.6 is 0 Å². The predicted molar refractivity (Wildman–Crippen MR) is 82.9 cm³/mol. The molecule has 1 saturated carbocycles. The van der Waals surface area contributed by atoms with Crippen molar-refractivity contribution < 1.29 is 4.74 Å². The summed E-state index contributed by atoms with van der Waals surface area (Å²) in [6, 6.07) is 9.62. The van der Waals surface area contributed by atoms with Crippen molar-refractivity contribution in [1.29, 1.82) is 0 Å². The van der Waals surface area contributed by atoms with E-state index in [0.717, 1.165) is 32.2 Å². The number of methoxy groups -OCH3 is 1. The average Bonchev–Trinajstić information content (AvgIpc) is 3.21. The highest BCUT2D eigenvalue weighted by Gasteiger charge is 2.20. The number of nitrogens with zero attached hydrogens (tertiary/aromatic N) is 1. The molecule has 0 radical (unpaired) electrons. The molecule has 0 bridgehead atoms. The molecular weight excluding hydrogens is 248 g/mol. The first kappa shape index (κ1) is 13.7. The number of benzene rings is 1. The summed E-state index contributed by atoms with van der Waals surface area (Å²) in [7, 11) is 1.77. The van der Waals surface area contributed by atoms with E-state index in [9.17, 15) is 0 Å². The van der Waals surface area contributed by atoms with E-state index in [4.69, 9.17) is 4.74 Å². The Morgan fingerprint density at radius 2 is 2.15 bits per heavy atom. The summed E-state index contributed by atoms with van der Waals surface area (Å²) < 4.78 is 7.52. The quantitative estimate of drug-likeness (QED) is 0.746. The van der Waals surface area contributed by atoms with Crippen LogP contribution in [0.15, 0.2) is 30.5 Å². The summed E-state index contributed by atoms with van der Waals surface area (Å²) in [5, 5.41) is 4.98. The van der Waals surface area contributed by atoms with Gasteiger partial charge in [0.25, 0.3) is 0 Å². The first-order valence-corrected chi connectivity index (χ1v) is 7.67. The second-order valence-electron chi connectivity index (χ2n) is 5.72. The predicted octanol–water partition coefficient (Wildman–Crippen LogP) is 3.32. The van der Waals surface area contributed by atoms with E-state index in [1.165, 1.54) is 35.7 Å². The highest BCUT2D eigenvalue weighted by atomic mass is 16.5. The zero-order valence-electron chi connectivity index (χ0n) is 12.3. The van der Waals surface area contributed by atoms with Crippen molar-refractivity contribution in [3.63, 3.8) is 0 Å². The summed E-state index contributed by atoms with van der Waals surface area (Å²) in [5.41, 5.74) is 2.82.